The Hall–Kier alpha value is -3.94. The zero-order valence-corrected chi connectivity index (χ0v) is 18.4. The van der Waals surface area contributed by atoms with Crippen LogP contribution in [0.25, 0.3) is 0 Å². The van der Waals surface area contributed by atoms with Crippen LogP contribution >= 0.6 is 0 Å². The van der Waals surface area contributed by atoms with E-state index >= 15 is 0 Å². The number of allylic oxidation sites excluding steroid dienone is 2. The van der Waals surface area contributed by atoms with Crippen molar-refractivity contribution in [3.8, 4) is 0 Å². The second-order valence-electron chi connectivity index (χ2n) is 7.90. The van der Waals surface area contributed by atoms with Gasteiger partial charge in [0.15, 0.2) is 0 Å². The molecule has 2 heterocycles. The van der Waals surface area contributed by atoms with E-state index in [-0.39, 0.29) is 24.3 Å². The Kier molecular flexibility index (Phi) is 7.14. The molecule has 0 saturated carbocycles. The molecule has 1 aromatic carbocycles. The van der Waals surface area contributed by atoms with E-state index < -0.39 is 0 Å². The fourth-order valence-corrected chi connectivity index (χ4v) is 3.92. The molecule has 1 aliphatic heterocycles. The van der Waals surface area contributed by atoms with Crippen LogP contribution in [0.3, 0.4) is 0 Å². The number of rotatable bonds is 6. The van der Waals surface area contributed by atoms with Gasteiger partial charge in [0.25, 0.3) is 11.8 Å². The summed E-state index contributed by atoms with van der Waals surface area (Å²) < 4.78 is 0. The highest BCUT2D eigenvalue weighted by Crippen LogP contribution is 2.23. The third-order valence-corrected chi connectivity index (χ3v) is 5.70. The number of carbonyl (C=O) groups excluding carboxylic acids is 3. The lowest BCUT2D eigenvalue weighted by molar-refractivity contribution is -0.132. The van der Waals surface area contributed by atoms with E-state index in [9.17, 15) is 14.4 Å². The minimum absolute atomic E-state index is 0.0197. The van der Waals surface area contributed by atoms with Crippen molar-refractivity contribution in [2.75, 3.05) is 42.9 Å². The second kappa shape index (κ2) is 10.6. The van der Waals surface area contributed by atoms with Crippen molar-refractivity contribution in [3.63, 3.8) is 0 Å². The maximum absolute atomic E-state index is 12.8. The molecule has 8 heteroatoms. The molecule has 0 unspecified atom stereocenters. The highest BCUT2D eigenvalue weighted by atomic mass is 16.2. The first-order valence-corrected chi connectivity index (χ1v) is 11.1. The number of piperazine rings is 1. The monoisotopic (exact) mass is 445 g/mol. The highest BCUT2D eigenvalue weighted by molar-refractivity contribution is 6.08. The van der Waals surface area contributed by atoms with Crippen LogP contribution in [-0.2, 0) is 9.59 Å². The molecule has 2 aromatic rings. The zero-order valence-electron chi connectivity index (χ0n) is 18.4. The predicted molar refractivity (Wildman–Crippen MR) is 127 cm³/mol. The zero-order chi connectivity index (χ0) is 23.0. The fourth-order valence-electron chi connectivity index (χ4n) is 3.92. The van der Waals surface area contributed by atoms with Crippen LogP contribution < -0.4 is 15.5 Å². The second-order valence-corrected chi connectivity index (χ2v) is 7.90. The molecule has 1 saturated heterocycles. The molecule has 2 N–H and O–H groups in total. The molecule has 0 atom stereocenters. The van der Waals surface area contributed by atoms with Gasteiger partial charge in [-0.25, -0.2) is 0 Å². The summed E-state index contributed by atoms with van der Waals surface area (Å²) in [7, 11) is 0. The highest BCUT2D eigenvalue weighted by Gasteiger charge is 2.24. The molecule has 8 nitrogen and oxygen atoms in total. The lowest BCUT2D eigenvalue weighted by Gasteiger charge is -2.37. The molecule has 0 spiro atoms. The number of carbonyl (C=O) groups is 3. The SMILES string of the molecule is O=C(NCC(=O)N1CCN(c2ccccc2C(=O)Nc2cccnc2)CC1)C1=CCCC=C1. The first-order valence-electron chi connectivity index (χ1n) is 11.1. The molecular formula is C25H27N5O3. The van der Waals surface area contributed by atoms with Gasteiger partial charge in [0, 0.05) is 43.6 Å². The summed E-state index contributed by atoms with van der Waals surface area (Å²) in [5, 5.41) is 5.60. The summed E-state index contributed by atoms with van der Waals surface area (Å²) in [5.41, 5.74) is 2.65. The number of amides is 3. The van der Waals surface area contributed by atoms with Gasteiger partial charge in [-0.3, -0.25) is 19.4 Å². The predicted octanol–water partition coefficient (Wildman–Crippen LogP) is 2.38. The van der Waals surface area contributed by atoms with Gasteiger partial charge in [-0.1, -0.05) is 30.4 Å². The molecule has 1 fully saturated rings. The van der Waals surface area contributed by atoms with Crippen LogP contribution in [0, 0.1) is 0 Å². The molecule has 0 bridgehead atoms. The Balaban J connectivity index is 1.32. The normalized spacial score (nSPS) is 15.6. The number of para-hydroxylation sites is 1. The minimum atomic E-state index is -0.216. The largest absolute Gasteiger partial charge is 0.367 e. The Morgan fingerprint density at radius 2 is 1.76 bits per heavy atom. The van der Waals surface area contributed by atoms with Gasteiger partial charge in [-0.2, -0.15) is 0 Å². The van der Waals surface area contributed by atoms with E-state index in [1.165, 1.54) is 0 Å². The molecule has 170 valence electrons. The third kappa shape index (κ3) is 5.65. The number of pyridine rings is 1. The average Bonchev–Trinajstić information content (AvgIpc) is 2.88. The van der Waals surface area contributed by atoms with Crippen molar-refractivity contribution in [1.82, 2.24) is 15.2 Å². The van der Waals surface area contributed by atoms with E-state index in [1.54, 1.807) is 41.6 Å². The summed E-state index contributed by atoms with van der Waals surface area (Å²) in [5.74, 6) is -0.525. The van der Waals surface area contributed by atoms with Crippen LogP contribution in [0.1, 0.15) is 23.2 Å². The standard InChI is InChI=1S/C25H27N5O3/c31-23(18-27-24(32)19-7-2-1-3-8-19)30-15-13-29(14-16-30)22-11-5-4-10-21(22)25(33)28-20-9-6-12-26-17-20/h2,4-12,17H,1,3,13-16,18H2,(H,27,32)(H,28,33). The van der Waals surface area contributed by atoms with E-state index in [4.69, 9.17) is 0 Å². The van der Waals surface area contributed by atoms with Gasteiger partial charge in [0.05, 0.1) is 24.0 Å². The number of anilines is 2. The van der Waals surface area contributed by atoms with Gasteiger partial charge >= 0.3 is 0 Å². The van der Waals surface area contributed by atoms with E-state index in [2.05, 4.69) is 20.5 Å². The quantitative estimate of drug-likeness (QED) is 0.712. The smallest absolute Gasteiger partial charge is 0.257 e. The molecule has 0 radical (unpaired) electrons. The van der Waals surface area contributed by atoms with Crippen molar-refractivity contribution in [2.24, 2.45) is 0 Å². The minimum Gasteiger partial charge on any atom is -0.367 e. The Bertz CT molecular complexity index is 1070. The van der Waals surface area contributed by atoms with Crippen LogP contribution in [0.4, 0.5) is 11.4 Å². The Labute approximate surface area is 193 Å². The Morgan fingerprint density at radius 3 is 2.48 bits per heavy atom. The number of hydrogen-bond acceptors (Lipinski definition) is 5. The van der Waals surface area contributed by atoms with Crippen molar-refractivity contribution < 1.29 is 14.4 Å². The third-order valence-electron chi connectivity index (χ3n) is 5.70. The van der Waals surface area contributed by atoms with Gasteiger partial charge in [-0.15, -0.1) is 0 Å². The number of aromatic nitrogens is 1. The van der Waals surface area contributed by atoms with Crippen LogP contribution in [0.2, 0.25) is 0 Å². The fraction of sp³-hybridized carbons (Fsp3) is 0.280. The number of nitrogens with one attached hydrogen (secondary N) is 2. The summed E-state index contributed by atoms with van der Waals surface area (Å²) in [6.45, 7) is 2.23. The van der Waals surface area contributed by atoms with E-state index in [0.717, 1.165) is 18.5 Å². The van der Waals surface area contributed by atoms with E-state index in [0.29, 0.717) is 43.0 Å². The molecule has 4 rings (SSSR count). The summed E-state index contributed by atoms with van der Waals surface area (Å²) >= 11 is 0. The van der Waals surface area contributed by atoms with Gasteiger partial charge < -0.3 is 20.4 Å². The summed E-state index contributed by atoms with van der Waals surface area (Å²) in [6.07, 6.45) is 10.7. The topological polar surface area (TPSA) is 94.6 Å². The van der Waals surface area contributed by atoms with Gasteiger partial charge in [0.2, 0.25) is 5.91 Å². The Morgan fingerprint density at radius 1 is 0.939 bits per heavy atom. The van der Waals surface area contributed by atoms with Crippen molar-refractivity contribution in [1.29, 1.82) is 0 Å². The molecule has 1 aromatic heterocycles. The van der Waals surface area contributed by atoms with Gasteiger partial charge in [0.1, 0.15) is 0 Å². The van der Waals surface area contributed by atoms with Crippen molar-refractivity contribution >= 4 is 29.1 Å². The van der Waals surface area contributed by atoms with E-state index in [1.807, 2.05) is 30.4 Å². The lowest BCUT2D eigenvalue weighted by atomic mass is 10.1. The summed E-state index contributed by atoms with van der Waals surface area (Å²) in [4.78, 5) is 45.5. The molecule has 2 aliphatic rings. The van der Waals surface area contributed by atoms with Crippen molar-refractivity contribution in [3.05, 3.63) is 78.2 Å². The first kappa shape index (κ1) is 22.3. The maximum atomic E-state index is 12.8. The number of hydrogen-bond donors (Lipinski definition) is 2. The molecular weight excluding hydrogens is 418 g/mol. The van der Waals surface area contributed by atoms with Crippen LogP contribution in [0.15, 0.2) is 72.6 Å². The lowest BCUT2D eigenvalue weighted by Crippen LogP contribution is -2.51. The molecule has 1 aliphatic carbocycles. The maximum Gasteiger partial charge on any atom is 0.257 e. The molecule has 3 amide bonds. The first-order chi connectivity index (χ1) is 16.1. The van der Waals surface area contributed by atoms with Crippen LogP contribution in [-0.4, -0.2) is 60.3 Å². The number of nitrogens with zero attached hydrogens (tertiary/aromatic N) is 3. The van der Waals surface area contributed by atoms with Gasteiger partial charge in [-0.05, 0) is 37.1 Å². The van der Waals surface area contributed by atoms with Crippen molar-refractivity contribution in [2.45, 2.75) is 12.8 Å². The molecule has 33 heavy (non-hydrogen) atoms. The summed E-state index contributed by atoms with van der Waals surface area (Å²) in [6, 6.07) is 11.0. The van der Waals surface area contributed by atoms with Crippen LogP contribution in [0.5, 0.6) is 0 Å². The average molecular weight is 446 g/mol. The number of benzene rings is 1.